The number of anilines is 1. The zero-order chi connectivity index (χ0) is 17.0. The maximum absolute atomic E-state index is 12.0. The number of aromatic nitrogens is 3. The second kappa shape index (κ2) is 7.00. The maximum atomic E-state index is 12.0. The van der Waals surface area contributed by atoms with Gasteiger partial charge in [0.25, 0.3) is 0 Å². The van der Waals surface area contributed by atoms with Crippen molar-refractivity contribution in [2.75, 3.05) is 24.5 Å². The summed E-state index contributed by atoms with van der Waals surface area (Å²) in [5, 5.41) is 17.7. The average molecular weight is 329 g/mol. The second-order valence-electron chi connectivity index (χ2n) is 6.31. The molecule has 1 aliphatic rings. The summed E-state index contributed by atoms with van der Waals surface area (Å²) in [5.74, 6) is 0.781. The Labute approximate surface area is 141 Å². The third kappa shape index (κ3) is 3.91. The number of amides is 1. The highest BCUT2D eigenvalue weighted by Gasteiger charge is 2.36. The van der Waals surface area contributed by atoms with Crippen molar-refractivity contribution in [1.29, 1.82) is 0 Å². The van der Waals surface area contributed by atoms with Crippen molar-refractivity contribution in [3.8, 4) is 0 Å². The predicted molar refractivity (Wildman–Crippen MR) is 90.6 cm³/mol. The summed E-state index contributed by atoms with van der Waals surface area (Å²) in [6, 6.07) is 7.63. The number of aryl methyl sites for hydroxylation is 2. The van der Waals surface area contributed by atoms with Crippen LogP contribution in [0.2, 0.25) is 0 Å². The highest BCUT2D eigenvalue weighted by atomic mass is 16.3. The normalized spacial score (nSPS) is 20.3. The maximum Gasteiger partial charge on any atom is 0.221 e. The molecule has 0 bridgehead atoms. The Morgan fingerprint density at radius 1 is 1.38 bits per heavy atom. The number of hydrogen-bond acceptors (Lipinski definition) is 5. The minimum absolute atomic E-state index is 0.0744. The highest BCUT2D eigenvalue weighted by Crippen LogP contribution is 2.24. The molecule has 7 heteroatoms. The van der Waals surface area contributed by atoms with Gasteiger partial charge in [0.2, 0.25) is 5.91 Å². The van der Waals surface area contributed by atoms with E-state index in [9.17, 15) is 9.90 Å². The zero-order valence-corrected chi connectivity index (χ0v) is 13.9. The smallest absolute Gasteiger partial charge is 0.221 e. The van der Waals surface area contributed by atoms with Crippen LogP contribution in [0.3, 0.4) is 0 Å². The SMILES string of the molecule is Cc1ccnn1CCC(=O)NC[C@@]1(O)CCN(c2ccccn2)C1. The van der Waals surface area contributed by atoms with Crippen LogP contribution in [-0.4, -0.2) is 51.0 Å². The molecule has 2 aromatic rings. The van der Waals surface area contributed by atoms with Crippen molar-refractivity contribution < 1.29 is 9.90 Å². The van der Waals surface area contributed by atoms with E-state index in [1.807, 2.05) is 36.1 Å². The monoisotopic (exact) mass is 329 g/mol. The lowest BCUT2D eigenvalue weighted by Crippen LogP contribution is -2.45. The van der Waals surface area contributed by atoms with Gasteiger partial charge in [0.1, 0.15) is 11.4 Å². The van der Waals surface area contributed by atoms with Crippen LogP contribution in [0.15, 0.2) is 36.7 Å². The third-order valence-electron chi connectivity index (χ3n) is 4.40. The van der Waals surface area contributed by atoms with Gasteiger partial charge in [-0.15, -0.1) is 0 Å². The van der Waals surface area contributed by atoms with Crippen molar-refractivity contribution in [3.05, 3.63) is 42.4 Å². The molecule has 1 aliphatic heterocycles. The predicted octanol–water partition coefficient (Wildman–Crippen LogP) is 0.734. The average Bonchev–Trinajstić information content (AvgIpc) is 3.18. The number of aliphatic hydroxyl groups is 1. The molecule has 3 rings (SSSR count). The molecular weight excluding hydrogens is 306 g/mol. The first-order valence-corrected chi connectivity index (χ1v) is 8.19. The van der Waals surface area contributed by atoms with Crippen LogP contribution < -0.4 is 10.2 Å². The molecule has 1 amide bonds. The van der Waals surface area contributed by atoms with Crippen LogP contribution in [-0.2, 0) is 11.3 Å². The topological polar surface area (TPSA) is 83.3 Å². The lowest BCUT2D eigenvalue weighted by molar-refractivity contribution is -0.122. The second-order valence-corrected chi connectivity index (χ2v) is 6.31. The molecule has 0 spiro atoms. The van der Waals surface area contributed by atoms with Gasteiger partial charge in [0, 0.05) is 50.7 Å². The molecule has 0 saturated carbocycles. The molecule has 24 heavy (non-hydrogen) atoms. The molecule has 3 heterocycles. The minimum atomic E-state index is -0.908. The van der Waals surface area contributed by atoms with E-state index in [2.05, 4.69) is 15.4 Å². The Morgan fingerprint density at radius 3 is 2.96 bits per heavy atom. The molecular formula is C17H23N5O2. The van der Waals surface area contributed by atoms with E-state index < -0.39 is 5.60 Å². The largest absolute Gasteiger partial charge is 0.386 e. The van der Waals surface area contributed by atoms with Gasteiger partial charge in [-0.1, -0.05) is 6.07 Å². The van der Waals surface area contributed by atoms with Gasteiger partial charge in [-0.25, -0.2) is 4.98 Å². The Balaban J connectivity index is 1.46. The van der Waals surface area contributed by atoms with Crippen molar-refractivity contribution in [1.82, 2.24) is 20.1 Å². The van der Waals surface area contributed by atoms with Gasteiger partial charge < -0.3 is 15.3 Å². The molecule has 7 nitrogen and oxygen atoms in total. The van der Waals surface area contributed by atoms with Crippen LogP contribution in [0, 0.1) is 6.92 Å². The van der Waals surface area contributed by atoms with E-state index >= 15 is 0 Å². The lowest BCUT2D eigenvalue weighted by Gasteiger charge is -2.24. The number of nitrogens with one attached hydrogen (secondary N) is 1. The van der Waals surface area contributed by atoms with Crippen molar-refractivity contribution in [2.24, 2.45) is 0 Å². The molecule has 2 N–H and O–H groups in total. The van der Waals surface area contributed by atoms with Gasteiger partial charge in [-0.3, -0.25) is 9.48 Å². The van der Waals surface area contributed by atoms with Gasteiger partial charge in [0.05, 0.1) is 0 Å². The fraction of sp³-hybridized carbons (Fsp3) is 0.471. The minimum Gasteiger partial charge on any atom is -0.386 e. The first-order valence-electron chi connectivity index (χ1n) is 8.19. The summed E-state index contributed by atoms with van der Waals surface area (Å²) in [4.78, 5) is 18.4. The Bertz CT molecular complexity index is 687. The summed E-state index contributed by atoms with van der Waals surface area (Å²) in [6.45, 7) is 3.97. The quantitative estimate of drug-likeness (QED) is 0.816. The number of pyridine rings is 1. The third-order valence-corrected chi connectivity index (χ3v) is 4.40. The fourth-order valence-electron chi connectivity index (χ4n) is 2.93. The number of carbonyl (C=O) groups excluding carboxylic acids is 1. The summed E-state index contributed by atoms with van der Waals surface area (Å²) in [7, 11) is 0. The van der Waals surface area contributed by atoms with Crippen LogP contribution in [0.1, 0.15) is 18.5 Å². The summed E-state index contributed by atoms with van der Waals surface area (Å²) in [6.07, 6.45) is 4.43. The molecule has 0 unspecified atom stereocenters. The molecule has 0 radical (unpaired) electrons. The van der Waals surface area contributed by atoms with Gasteiger partial charge in [-0.2, -0.15) is 5.10 Å². The van der Waals surface area contributed by atoms with Crippen LogP contribution in [0.25, 0.3) is 0 Å². The summed E-state index contributed by atoms with van der Waals surface area (Å²) >= 11 is 0. The number of carbonyl (C=O) groups is 1. The van der Waals surface area contributed by atoms with E-state index in [4.69, 9.17) is 0 Å². The van der Waals surface area contributed by atoms with Gasteiger partial charge in [-0.05, 0) is 31.5 Å². The Hall–Kier alpha value is -2.41. The van der Waals surface area contributed by atoms with Crippen LogP contribution >= 0.6 is 0 Å². The molecule has 1 atom stereocenters. The standard InChI is InChI=1S/C17H23N5O2/c1-14-5-9-20-22(14)10-6-16(23)19-12-17(24)7-11-21(13-17)15-4-2-3-8-18-15/h2-5,8-9,24H,6-7,10-13H2,1H3,(H,19,23)/t17-/m0/s1. The van der Waals surface area contributed by atoms with Crippen LogP contribution in [0.5, 0.6) is 0 Å². The molecule has 0 aliphatic carbocycles. The molecule has 1 fully saturated rings. The van der Waals surface area contributed by atoms with E-state index in [0.717, 1.165) is 18.1 Å². The number of β-amino-alcohol motifs (C(OH)–C–C–N with tert-alkyl or cyclic N) is 1. The van der Waals surface area contributed by atoms with Crippen LogP contribution in [0.4, 0.5) is 5.82 Å². The number of nitrogens with zero attached hydrogens (tertiary/aromatic N) is 4. The first-order chi connectivity index (χ1) is 11.6. The number of rotatable bonds is 6. The van der Waals surface area contributed by atoms with Gasteiger partial charge >= 0.3 is 0 Å². The highest BCUT2D eigenvalue weighted by molar-refractivity contribution is 5.75. The van der Waals surface area contributed by atoms with Gasteiger partial charge in [0.15, 0.2) is 0 Å². The summed E-state index contributed by atoms with van der Waals surface area (Å²) in [5.41, 5.74) is 0.123. The lowest BCUT2D eigenvalue weighted by atomic mass is 10.0. The van der Waals surface area contributed by atoms with Crippen molar-refractivity contribution in [3.63, 3.8) is 0 Å². The van der Waals surface area contributed by atoms with Crippen molar-refractivity contribution >= 4 is 11.7 Å². The fourth-order valence-corrected chi connectivity index (χ4v) is 2.93. The zero-order valence-electron chi connectivity index (χ0n) is 13.9. The number of hydrogen-bond donors (Lipinski definition) is 2. The van der Waals surface area contributed by atoms with E-state index in [1.165, 1.54) is 0 Å². The van der Waals surface area contributed by atoms with E-state index in [-0.39, 0.29) is 12.5 Å². The Kier molecular flexibility index (Phi) is 4.80. The van der Waals surface area contributed by atoms with E-state index in [1.54, 1.807) is 17.1 Å². The molecule has 2 aromatic heterocycles. The van der Waals surface area contributed by atoms with Crippen molar-refractivity contribution in [2.45, 2.75) is 31.9 Å². The first kappa shape index (κ1) is 16.4. The molecule has 128 valence electrons. The van der Waals surface area contributed by atoms with E-state index in [0.29, 0.717) is 25.9 Å². The summed E-state index contributed by atoms with van der Waals surface area (Å²) < 4.78 is 1.80. The molecule has 0 aromatic carbocycles. The molecule has 1 saturated heterocycles. The Morgan fingerprint density at radius 2 is 2.25 bits per heavy atom.